The molecule has 108 valence electrons. The van der Waals surface area contributed by atoms with E-state index in [4.69, 9.17) is 10.5 Å². The van der Waals surface area contributed by atoms with Gasteiger partial charge in [-0.3, -0.25) is 14.6 Å². The van der Waals surface area contributed by atoms with Gasteiger partial charge in [-0.25, -0.2) is 4.39 Å². The topological polar surface area (TPSA) is 94.3 Å². The third kappa shape index (κ3) is 3.75. The number of ether oxygens (including phenoxy) is 1. The molecule has 0 aliphatic carbocycles. The van der Waals surface area contributed by atoms with Crippen LogP contribution in [-0.4, -0.2) is 16.8 Å². The van der Waals surface area contributed by atoms with E-state index in [9.17, 15) is 14.0 Å². The van der Waals surface area contributed by atoms with E-state index in [1.165, 1.54) is 37.4 Å². The van der Waals surface area contributed by atoms with E-state index in [0.717, 1.165) is 6.07 Å². The normalized spacial score (nSPS) is 10.0. The Bertz CT molecular complexity index is 704. The molecule has 1 aromatic carbocycles. The van der Waals surface area contributed by atoms with Crippen molar-refractivity contribution in [3.63, 3.8) is 0 Å². The molecular formula is C14H12FN3O3. The summed E-state index contributed by atoms with van der Waals surface area (Å²) in [5.74, 6) is -1.18. The van der Waals surface area contributed by atoms with Gasteiger partial charge in [-0.15, -0.1) is 0 Å². The second-order valence-electron chi connectivity index (χ2n) is 4.17. The van der Waals surface area contributed by atoms with E-state index >= 15 is 0 Å². The highest BCUT2D eigenvalue weighted by Crippen LogP contribution is 2.25. The number of carbonyl (C=O) groups excluding carboxylic acids is 2. The van der Waals surface area contributed by atoms with Gasteiger partial charge in [-0.1, -0.05) is 0 Å². The van der Waals surface area contributed by atoms with Gasteiger partial charge in [0.2, 0.25) is 5.91 Å². The Morgan fingerprint density at radius 3 is 2.57 bits per heavy atom. The molecule has 6 nitrogen and oxygen atoms in total. The number of anilines is 1. The SMILES string of the molecule is CC(=O)Nc1ccc(Oc2ccnc(C(N)=O)c2)cc1F. The van der Waals surface area contributed by atoms with Crippen LogP contribution in [0.4, 0.5) is 10.1 Å². The van der Waals surface area contributed by atoms with Crippen LogP contribution in [0.1, 0.15) is 17.4 Å². The summed E-state index contributed by atoms with van der Waals surface area (Å²) >= 11 is 0. The molecule has 0 fully saturated rings. The number of aromatic nitrogens is 1. The van der Waals surface area contributed by atoms with E-state index in [0.29, 0.717) is 5.75 Å². The first kappa shape index (κ1) is 14.4. The lowest BCUT2D eigenvalue weighted by atomic mass is 10.2. The van der Waals surface area contributed by atoms with E-state index in [1.54, 1.807) is 0 Å². The number of amides is 2. The van der Waals surface area contributed by atoms with Crippen LogP contribution >= 0.6 is 0 Å². The maximum Gasteiger partial charge on any atom is 0.267 e. The predicted molar refractivity (Wildman–Crippen MR) is 73.5 cm³/mol. The minimum absolute atomic E-state index is 0.0443. The molecule has 1 heterocycles. The third-order valence-corrected chi connectivity index (χ3v) is 2.47. The number of nitrogens with two attached hydrogens (primary N) is 1. The number of hydrogen-bond acceptors (Lipinski definition) is 4. The minimum Gasteiger partial charge on any atom is -0.457 e. The van der Waals surface area contributed by atoms with Crippen LogP contribution in [0.25, 0.3) is 0 Å². The monoisotopic (exact) mass is 289 g/mol. The van der Waals surface area contributed by atoms with Crippen LogP contribution in [0.15, 0.2) is 36.5 Å². The fourth-order valence-corrected chi connectivity index (χ4v) is 1.60. The lowest BCUT2D eigenvalue weighted by molar-refractivity contribution is -0.114. The molecule has 0 saturated carbocycles. The van der Waals surface area contributed by atoms with Crippen LogP contribution < -0.4 is 15.8 Å². The van der Waals surface area contributed by atoms with Crippen molar-refractivity contribution in [3.8, 4) is 11.5 Å². The Kier molecular flexibility index (Phi) is 4.13. The van der Waals surface area contributed by atoms with Crippen LogP contribution in [0, 0.1) is 5.82 Å². The van der Waals surface area contributed by atoms with Gasteiger partial charge in [0.15, 0.2) is 0 Å². The molecule has 0 bridgehead atoms. The van der Waals surface area contributed by atoms with Gasteiger partial charge in [-0.2, -0.15) is 0 Å². The molecule has 3 N–H and O–H groups in total. The number of carbonyl (C=O) groups is 2. The summed E-state index contributed by atoms with van der Waals surface area (Å²) in [4.78, 5) is 25.7. The van der Waals surface area contributed by atoms with E-state index in [-0.39, 0.29) is 23.0 Å². The number of nitrogens with zero attached hydrogens (tertiary/aromatic N) is 1. The Balaban J connectivity index is 2.20. The summed E-state index contributed by atoms with van der Waals surface area (Å²) in [6.07, 6.45) is 1.36. The van der Waals surface area contributed by atoms with Gasteiger partial charge in [0, 0.05) is 25.3 Å². The number of hydrogen-bond donors (Lipinski definition) is 2. The van der Waals surface area contributed by atoms with Crippen molar-refractivity contribution in [3.05, 3.63) is 48.0 Å². The molecule has 2 amide bonds. The number of halogens is 1. The molecule has 0 spiro atoms. The highest BCUT2D eigenvalue weighted by Gasteiger charge is 2.08. The van der Waals surface area contributed by atoms with Gasteiger partial charge in [0.1, 0.15) is 23.0 Å². The zero-order chi connectivity index (χ0) is 15.4. The second kappa shape index (κ2) is 6.00. The summed E-state index contributed by atoms with van der Waals surface area (Å²) in [6, 6.07) is 6.84. The Hall–Kier alpha value is -2.96. The fourth-order valence-electron chi connectivity index (χ4n) is 1.60. The zero-order valence-corrected chi connectivity index (χ0v) is 11.1. The highest BCUT2D eigenvalue weighted by atomic mass is 19.1. The van der Waals surface area contributed by atoms with E-state index in [2.05, 4.69) is 10.3 Å². The molecule has 0 radical (unpaired) electrons. The Labute approximate surface area is 119 Å². The van der Waals surface area contributed by atoms with Crippen molar-refractivity contribution in [1.82, 2.24) is 4.98 Å². The molecule has 21 heavy (non-hydrogen) atoms. The van der Waals surface area contributed by atoms with Crippen molar-refractivity contribution in [1.29, 1.82) is 0 Å². The Morgan fingerprint density at radius 1 is 1.24 bits per heavy atom. The van der Waals surface area contributed by atoms with Gasteiger partial charge in [-0.05, 0) is 18.2 Å². The molecule has 2 aromatic rings. The molecule has 2 rings (SSSR count). The lowest BCUT2D eigenvalue weighted by Crippen LogP contribution is -2.12. The number of nitrogens with one attached hydrogen (secondary N) is 1. The van der Waals surface area contributed by atoms with Crippen molar-refractivity contribution in [2.45, 2.75) is 6.92 Å². The quantitative estimate of drug-likeness (QED) is 0.900. The van der Waals surface area contributed by atoms with Crippen molar-refractivity contribution in [2.24, 2.45) is 5.73 Å². The maximum atomic E-state index is 13.7. The molecular weight excluding hydrogens is 277 g/mol. The molecule has 7 heteroatoms. The first-order chi connectivity index (χ1) is 9.95. The molecule has 0 aliphatic rings. The molecule has 1 aromatic heterocycles. The first-order valence-corrected chi connectivity index (χ1v) is 5.96. The fraction of sp³-hybridized carbons (Fsp3) is 0.0714. The zero-order valence-electron chi connectivity index (χ0n) is 11.1. The standard InChI is InChI=1S/C14H12FN3O3/c1-8(19)18-12-3-2-9(6-11(12)15)21-10-4-5-17-13(7-10)14(16)20/h2-7H,1H3,(H2,16,20)(H,18,19). The maximum absolute atomic E-state index is 13.7. The third-order valence-electron chi connectivity index (χ3n) is 2.47. The van der Waals surface area contributed by atoms with Crippen LogP contribution in [0.3, 0.4) is 0 Å². The molecule has 0 atom stereocenters. The van der Waals surface area contributed by atoms with Crippen LogP contribution in [0.5, 0.6) is 11.5 Å². The molecule has 0 saturated heterocycles. The average molecular weight is 289 g/mol. The second-order valence-corrected chi connectivity index (χ2v) is 4.17. The number of primary amides is 1. The summed E-state index contributed by atoms with van der Waals surface area (Å²) in [6.45, 7) is 1.28. The van der Waals surface area contributed by atoms with E-state index in [1.807, 2.05) is 0 Å². The van der Waals surface area contributed by atoms with E-state index < -0.39 is 11.7 Å². The largest absolute Gasteiger partial charge is 0.457 e. The predicted octanol–water partition coefficient (Wildman–Crippen LogP) is 2.07. The van der Waals surface area contributed by atoms with Gasteiger partial charge in [0.25, 0.3) is 5.91 Å². The van der Waals surface area contributed by atoms with Crippen molar-refractivity contribution in [2.75, 3.05) is 5.32 Å². The number of pyridine rings is 1. The average Bonchev–Trinajstić information content (AvgIpc) is 2.42. The number of benzene rings is 1. The summed E-state index contributed by atoms with van der Waals surface area (Å²) in [5, 5.41) is 2.35. The van der Waals surface area contributed by atoms with Gasteiger partial charge < -0.3 is 15.8 Å². The first-order valence-electron chi connectivity index (χ1n) is 5.96. The van der Waals surface area contributed by atoms with Gasteiger partial charge in [0.05, 0.1) is 5.69 Å². The summed E-state index contributed by atoms with van der Waals surface area (Å²) < 4.78 is 19.1. The lowest BCUT2D eigenvalue weighted by Gasteiger charge is -2.08. The summed E-state index contributed by atoms with van der Waals surface area (Å²) in [5.41, 5.74) is 5.21. The van der Waals surface area contributed by atoms with Crippen LogP contribution in [-0.2, 0) is 4.79 Å². The molecule has 0 unspecified atom stereocenters. The Morgan fingerprint density at radius 2 is 1.95 bits per heavy atom. The smallest absolute Gasteiger partial charge is 0.267 e. The van der Waals surface area contributed by atoms with Crippen molar-refractivity contribution >= 4 is 17.5 Å². The minimum atomic E-state index is -0.687. The molecule has 0 aliphatic heterocycles. The summed E-state index contributed by atoms with van der Waals surface area (Å²) in [7, 11) is 0. The van der Waals surface area contributed by atoms with Crippen LogP contribution in [0.2, 0.25) is 0 Å². The number of rotatable bonds is 4. The van der Waals surface area contributed by atoms with Gasteiger partial charge >= 0.3 is 0 Å². The highest BCUT2D eigenvalue weighted by molar-refractivity contribution is 5.91. The van der Waals surface area contributed by atoms with Crippen molar-refractivity contribution < 1.29 is 18.7 Å².